The van der Waals surface area contributed by atoms with Crippen molar-refractivity contribution in [3.63, 3.8) is 0 Å². The Kier molecular flexibility index (Phi) is 8.81. The molecule has 1 amide bonds. The molecular weight excluding hydrogens is 348 g/mol. The van der Waals surface area contributed by atoms with Gasteiger partial charge in [-0.25, -0.2) is 0 Å². The van der Waals surface area contributed by atoms with Crippen LogP contribution in [0.5, 0.6) is 0 Å². The Hall–Kier alpha value is -1.39. The molecule has 4 nitrogen and oxygen atoms in total. The Morgan fingerprint density at radius 3 is 2.79 bits per heavy atom. The van der Waals surface area contributed by atoms with Gasteiger partial charge in [0.2, 0.25) is 5.91 Å². The number of hydrogen-bond donors (Lipinski definition) is 1. The summed E-state index contributed by atoms with van der Waals surface area (Å²) in [5.41, 5.74) is 1.24. The molecule has 1 saturated heterocycles. The van der Waals surface area contributed by atoms with E-state index < -0.39 is 0 Å². The molecule has 0 bridgehead atoms. The second kappa shape index (κ2) is 11.6. The number of piperidine rings is 1. The highest BCUT2D eigenvalue weighted by Crippen LogP contribution is 2.27. The summed E-state index contributed by atoms with van der Waals surface area (Å²) in [5, 5.41) is 3.38. The topological polar surface area (TPSA) is 41.6 Å². The van der Waals surface area contributed by atoms with Crippen LogP contribution in [0.4, 0.5) is 0 Å². The van der Waals surface area contributed by atoms with Gasteiger partial charge in [-0.05, 0) is 63.0 Å². The van der Waals surface area contributed by atoms with Gasteiger partial charge in [0, 0.05) is 32.2 Å². The summed E-state index contributed by atoms with van der Waals surface area (Å²) in [4.78, 5) is 15.2. The van der Waals surface area contributed by atoms with Gasteiger partial charge in [-0.15, -0.1) is 0 Å². The number of nitrogens with one attached hydrogen (secondary N) is 1. The molecule has 1 heterocycles. The van der Waals surface area contributed by atoms with E-state index in [1.807, 2.05) is 18.2 Å². The van der Waals surface area contributed by atoms with Crippen LogP contribution >= 0.6 is 0 Å². The summed E-state index contributed by atoms with van der Waals surface area (Å²) in [7, 11) is 0. The van der Waals surface area contributed by atoms with E-state index in [9.17, 15) is 4.79 Å². The van der Waals surface area contributed by atoms with Crippen molar-refractivity contribution in [2.24, 2.45) is 11.8 Å². The second-order valence-corrected chi connectivity index (χ2v) is 8.63. The van der Waals surface area contributed by atoms with E-state index in [4.69, 9.17) is 4.74 Å². The van der Waals surface area contributed by atoms with Crippen molar-refractivity contribution in [3.8, 4) is 0 Å². The second-order valence-electron chi connectivity index (χ2n) is 8.63. The van der Waals surface area contributed by atoms with Gasteiger partial charge >= 0.3 is 0 Å². The van der Waals surface area contributed by atoms with Gasteiger partial charge < -0.3 is 15.0 Å². The first-order valence-electron chi connectivity index (χ1n) is 11.4. The standard InChI is InChI=1S/C24H38N2O2/c1-2-28-19-21-11-8-16-26(17-21)18-22-12-6-7-13-23(22)25-24(27)15-14-20-9-4-3-5-10-20/h3-5,9-10,21-23H,2,6-8,11-19H2,1H3,(H,25,27)/t21?,22-,23+/m1/s1. The zero-order valence-corrected chi connectivity index (χ0v) is 17.6. The molecule has 0 spiro atoms. The van der Waals surface area contributed by atoms with Crippen LogP contribution in [0.15, 0.2) is 30.3 Å². The average Bonchev–Trinajstić information content (AvgIpc) is 2.73. The number of ether oxygens (including phenoxy) is 1. The van der Waals surface area contributed by atoms with Crippen LogP contribution in [0.1, 0.15) is 57.4 Å². The smallest absolute Gasteiger partial charge is 0.220 e. The fourth-order valence-corrected chi connectivity index (χ4v) is 4.87. The fourth-order valence-electron chi connectivity index (χ4n) is 4.87. The van der Waals surface area contributed by atoms with E-state index in [1.54, 1.807) is 0 Å². The molecule has 4 heteroatoms. The van der Waals surface area contributed by atoms with Gasteiger partial charge in [0.15, 0.2) is 0 Å². The summed E-state index contributed by atoms with van der Waals surface area (Å²) in [5.74, 6) is 1.49. The summed E-state index contributed by atoms with van der Waals surface area (Å²) in [6, 6.07) is 10.7. The number of likely N-dealkylation sites (tertiary alicyclic amines) is 1. The minimum atomic E-state index is 0.216. The van der Waals surface area contributed by atoms with E-state index in [2.05, 4.69) is 29.3 Å². The number of nitrogens with zero attached hydrogens (tertiary/aromatic N) is 1. The predicted molar refractivity (Wildman–Crippen MR) is 114 cm³/mol. The van der Waals surface area contributed by atoms with Crippen molar-refractivity contribution in [1.29, 1.82) is 0 Å². The molecule has 0 radical (unpaired) electrons. The molecule has 1 aromatic carbocycles. The molecule has 1 aliphatic carbocycles. The lowest BCUT2D eigenvalue weighted by atomic mass is 9.83. The molecule has 3 atom stereocenters. The first-order valence-corrected chi connectivity index (χ1v) is 11.4. The molecule has 2 fully saturated rings. The normalized spacial score (nSPS) is 26.1. The van der Waals surface area contributed by atoms with Crippen LogP contribution in [0.2, 0.25) is 0 Å². The zero-order chi connectivity index (χ0) is 19.6. The van der Waals surface area contributed by atoms with Gasteiger partial charge in [0.05, 0.1) is 6.61 Å². The van der Waals surface area contributed by atoms with Crippen LogP contribution in [0.3, 0.4) is 0 Å². The van der Waals surface area contributed by atoms with Gasteiger partial charge in [0.1, 0.15) is 0 Å². The summed E-state index contributed by atoms with van der Waals surface area (Å²) in [6.07, 6.45) is 8.92. The minimum Gasteiger partial charge on any atom is -0.381 e. The van der Waals surface area contributed by atoms with Crippen molar-refractivity contribution in [3.05, 3.63) is 35.9 Å². The van der Waals surface area contributed by atoms with Gasteiger partial charge in [-0.2, -0.15) is 0 Å². The molecule has 1 aromatic rings. The van der Waals surface area contributed by atoms with Crippen LogP contribution in [-0.4, -0.2) is 49.7 Å². The van der Waals surface area contributed by atoms with Crippen molar-refractivity contribution >= 4 is 5.91 Å². The third kappa shape index (κ3) is 6.89. The molecule has 1 unspecified atom stereocenters. The summed E-state index contributed by atoms with van der Waals surface area (Å²) >= 11 is 0. The maximum Gasteiger partial charge on any atom is 0.220 e. The summed E-state index contributed by atoms with van der Waals surface area (Å²) in [6.45, 7) is 7.28. The van der Waals surface area contributed by atoms with Crippen LogP contribution < -0.4 is 5.32 Å². The Morgan fingerprint density at radius 2 is 1.96 bits per heavy atom. The van der Waals surface area contributed by atoms with Crippen LogP contribution in [0, 0.1) is 11.8 Å². The molecular formula is C24H38N2O2. The Morgan fingerprint density at radius 1 is 1.14 bits per heavy atom. The number of amides is 1. The number of benzene rings is 1. The van der Waals surface area contributed by atoms with Crippen molar-refractivity contribution in [2.45, 2.75) is 64.3 Å². The van der Waals surface area contributed by atoms with Crippen LogP contribution in [0.25, 0.3) is 0 Å². The molecule has 2 aliphatic rings. The zero-order valence-electron chi connectivity index (χ0n) is 17.6. The van der Waals surface area contributed by atoms with E-state index >= 15 is 0 Å². The van der Waals surface area contributed by atoms with Gasteiger partial charge in [-0.3, -0.25) is 4.79 Å². The molecule has 1 aliphatic heterocycles. The maximum atomic E-state index is 12.6. The van der Waals surface area contributed by atoms with Crippen molar-refractivity contribution < 1.29 is 9.53 Å². The third-order valence-corrected chi connectivity index (χ3v) is 6.39. The molecule has 3 rings (SSSR count). The lowest BCUT2D eigenvalue weighted by Crippen LogP contribution is -2.48. The van der Waals surface area contributed by atoms with Gasteiger partial charge in [0.25, 0.3) is 0 Å². The summed E-state index contributed by atoms with van der Waals surface area (Å²) < 4.78 is 5.66. The lowest BCUT2D eigenvalue weighted by molar-refractivity contribution is -0.122. The number of rotatable bonds is 9. The molecule has 1 saturated carbocycles. The average molecular weight is 387 g/mol. The molecule has 0 aromatic heterocycles. The Bertz CT molecular complexity index is 577. The Labute approximate surface area is 171 Å². The predicted octanol–water partition coefficient (Wildman–Crippen LogP) is 4.04. The van der Waals surface area contributed by atoms with E-state index in [0.717, 1.165) is 39.1 Å². The third-order valence-electron chi connectivity index (χ3n) is 6.39. The van der Waals surface area contributed by atoms with Crippen LogP contribution in [-0.2, 0) is 16.0 Å². The number of hydrogen-bond acceptors (Lipinski definition) is 3. The SMILES string of the molecule is CCOCC1CCCN(C[C@H]2CCCC[C@@H]2NC(=O)CCc2ccccc2)C1. The maximum absolute atomic E-state index is 12.6. The number of carbonyl (C=O) groups excluding carboxylic acids is 1. The van der Waals surface area contributed by atoms with Crippen molar-refractivity contribution in [1.82, 2.24) is 10.2 Å². The molecule has 1 N–H and O–H groups in total. The monoisotopic (exact) mass is 386 g/mol. The largest absolute Gasteiger partial charge is 0.381 e. The molecule has 28 heavy (non-hydrogen) atoms. The van der Waals surface area contributed by atoms with E-state index in [1.165, 1.54) is 44.2 Å². The Balaban J connectivity index is 1.46. The molecule has 156 valence electrons. The minimum absolute atomic E-state index is 0.216. The van der Waals surface area contributed by atoms with Gasteiger partial charge in [-0.1, -0.05) is 43.2 Å². The number of carbonyl (C=O) groups is 1. The number of aryl methyl sites for hydroxylation is 1. The van der Waals surface area contributed by atoms with E-state index in [-0.39, 0.29) is 5.91 Å². The first kappa shape index (κ1) is 21.3. The quantitative estimate of drug-likeness (QED) is 0.696. The van der Waals surface area contributed by atoms with E-state index in [0.29, 0.717) is 24.3 Å². The highest BCUT2D eigenvalue weighted by molar-refractivity contribution is 5.76. The lowest BCUT2D eigenvalue weighted by Gasteiger charge is -2.39. The van der Waals surface area contributed by atoms with Crippen molar-refractivity contribution in [2.75, 3.05) is 32.8 Å². The fraction of sp³-hybridized carbons (Fsp3) is 0.708. The highest BCUT2D eigenvalue weighted by atomic mass is 16.5. The first-order chi connectivity index (χ1) is 13.7. The highest BCUT2D eigenvalue weighted by Gasteiger charge is 2.30.